The van der Waals surface area contributed by atoms with Crippen LogP contribution in [0.5, 0.6) is 5.75 Å². The Bertz CT molecular complexity index is 735. The maximum atomic E-state index is 12.3. The first kappa shape index (κ1) is 17.3. The molecule has 0 saturated carbocycles. The van der Waals surface area contributed by atoms with Crippen LogP contribution in [0.3, 0.4) is 0 Å². The van der Waals surface area contributed by atoms with Gasteiger partial charge >= 0.3 is 0 Å². The average Bonchev–Trinajstić information content (AvgIpc) is 2.56. The topological polar surface area (TPSA) is 78.4 Å². The molecule has 5 heteroatoms. The Labute approximate surface area is 141 Å². The van der Waals surface area contributed by atoms with E-state index in [0.29, 0.717) is 11.1 Å². The van der Waals surface area contributed by atoms with E-state index in [4.69, 9.17) is 0 Å². The number of hydrogen-bond acceptors (Lipinski definition) is 3. The fourth-order valence-corrected chi connectivity index (χ4v) is 2.02. The minimum absolute atomic E-state index is 0.0608. The number of carbonyl (C=O) groups excluding carboxylic acids is 2. The van der Waals surface area contributed by atoms with E-state index in [0.717, 1.165) is 0 Å². The molecule has 24 heavy (non-hydrogen) atoms. The highest BCUT2D eigenvalue weighted by Crippen LogP contribution is 2.13. The average molecular weight is 324 g/mol. The molecule has 124 valence electrons. The number of aromatic hydroxyl groups is 1. The third-order valence-electron chi connectivity index (χ3n) is 3.15. The number of amides is 2. The van der Waals surface area contributed by atoms with Crippen LogP contribution in [0.2, 0.25) is 0 Å². The molecule has 2 amide bonds. The zero-order valence-electron chi connectivity index (χ0n) is 13.6. The lowest BCUT2D eigenvalue weighted by Gasteiger charge is -2.13. The molecule has 5 nitrogen and oxygen atoms in total. The van der Waals surface area contributed by atoms with Crippen molar-refractivity contribution in [2.75, 3.05) is 0 Å². The standard InChI is InChI=1S/C19H20N2O3/c1-13(2)20-19(24)17(12-14-8-10-16(22)11-9-14)21-18(23)15-6-4-3-5-7-15/h3-13,22H,1-2H3,(H,20,24)(H,21,23). The molecule has 2 aromatic rings. The highest BCUT2D eigenvalue weighted by molar-refractivity contribution is 6.05. The molecule has 0 aliphatic rings. The number of nitrogens with one attached hydrogen (secondary N) is 2. The number of hydrogen-bond donors (Lipinski definition) is 3. The lowest BCUT2D eigenvalue weighted by Crippen LogP contribution is -2.38. The molecular formula is C19H20N2O3. The maximum Gasteiger partial charge on any atom is 0.268 e. The van der Waals surface area contributed by atoms with E-state index in [2.05, 4.69) is 10.6 Å². The van der Waals surface area contributed by atoms with Gasteiger partial charge in [-0.1, -0.05) is 30.3 Å². The van der Waals surface area contributed by atoms with Crippen molar-refractivity contribution in [1.82, 2.24) is 10.6 Å². The summed E-state index contributed by atoms with van der Waals surface area (Å²) in [6, 6.07) is 15.0. The Morgan fingerprint density at radius 2 is 1.62 bits per heavy atom. The molecule has 0 atom stereocenters. The molecule has 0 bridgehead atoms. The molecule has 0 aromatic heterocycles. The van der Waals surface area contributed by atoms with Gasteiger partial charge in [-0.3, -0.25) is 9.59 Å². The SMILES string of the molecule is CC(C)NC(=O)C(=Cc1ccc(O)cc1)NC(=O)c1ccccc1. The van der Waals surface area contributed by atoms with Crippen molar-refractivity contribution in [3.63, 3.8) is 0 Å². The molecule has 0 radical (unpaired) electrons. The number of phenolic OH excluding ortho intramolecular Hbond substituents is 1. The number of phenols is 1. The smallest absolute Gasteiger partial charge is 0.268 e. The summed E-state index contributed by atoms with van der Waals surface area (Å²) in [5.41, 5.74) is 1.30. The molecule has 0 spiro atoms. The molecule has 3 N–H and O–H groups in total. The Hall–Kier alpha value is -3.08. The van der Waals surface area contributed by atoms with Crippen molar-refractivity contribution >= 4 is 17.9 Å². The van der Waals surface area contributed by atoms with Crippen LogP contribution < -0.4 is 10.6 Å². The summed E-state index contributed by atoms with van der Waals surface area (Å²) in [5, 5.41) is 14.8. The zero-order chi connectivity index (χ0) is 17.5. The first-order valence-electron chi connectivity index (χ1n) is 7.63. The van der Waals surface area contributed by atoms with Gasteiger partial charge < -0.3 is 15.7 Å². The van der Waals surface area contributed by atoms with Crippen LogP contribution in [0.25, 0.3) is 6.08 Å². The second-order valence-corrected chi connectivity index (χ2v) is 5.60. The van der Waals surface area contributed by atoms with Gasteiger partial charge in [0.2, 0.25) is 0 Å². The molecule has 0 heterocycles. The van der Waals surface area contributed by atoms with Gasteiger partial charge in [0, 0.05) is 11.6 Å². The maximum absolute atomic E-state index is 12.3. The molecule has 2 rings (SSSR count). The highest BCUT2D eigenvalue weighted by atomic mass is 16.3. The fraction of sp³-hybridized carbons (Fsp3) is 0.158. The largest absolute Gasteiger partial charge is 0.508 e. The van der Waals surface area contributed by atoms with Crippen LogP contribution in [0, 0.1) is 0 Å². The lowest BCUT2D eigenvalue weighted by atomic mass is 10.1. The van der Waals surface area contributed by atoms with E-state index in [9.17, 15) is 14.7 Å². The van der Waals surface area contributed by atoms with Crippen LogP contribution in [0.1, 0.15) is 29.8 Å². The number of rotatable bonds is 5. The van der Waals surface area contributed by atoms with E-state index in [-0.39, 0.29) is 29.3 Å². The summed E-state index contributed by atoms with van der Waals surface area (Å²) >= 11 is 0. The van der Waals surface area contributed by atoms with Crippen molar-refractivity contribution in [2.24, 2.45) is 0 Å². The summed E-state index contributed by atoms with van der Waals surface area (Å²) in [6.07, 6.45) is 1.57. The van der Waals surface area contributed by atoms with Gasteiger partial charge in [-0.05, 0) is 49.8 Å². The van der Waals surface area contributed by atoms with Crippen molar-refractivity contribution < 1.29 is 14.7 Å². The third kappa shape index (κ3) is 4.98. The minimum Gasteiger partial charge on any atom is -0.508 e. The van der Waals surface area contributed by atoms with Crippen LogP contribution in [0.15, 0.2) is 60.3 Å². The van der Waals surface area contributed by atoms with Crippen molar-refractivity contribution in [3.8, 4) is 5.75 Å². The van der Waals surface area contributed by atoms with Gasteiger partial charge in [0.25, 0.3) is 11.8 Å². The van der Waals surface area contributed by atoms with Gasteiger partial charge in [0.05, 0.1) is 0 Å². The Kier molecular flexibility index (Phi) is 5.73. The monoisotopic (exact) mass is 324 g/mol. The normalized spacial score (nSPS) is 11.2. The molecule has 0 unspecified atom stereocenters. The predicted molar refractivity (Wildman–Crippen MR) is 93.3 cm³/mol. The Morgan fingerprint density at radius 3 is 2.21 bits per heavy atom. The van der Waals surface area contributed by atoms with Crippen molar-refractivity contribution in [1.29, 1.82) is 0 Å². The second kappa shape index (κ2) is 7.97. The predicted octanol–water partition coefficient (Wildman–Crippen LogP) is 2.69. The van der Waals surface area contributed by atoms with E-state index >= 15 is 0 Å². The summed E-state index contributed by atoms with van der Waals surface area (Å²) in [7, 11) is 0. The van der Waals surface area contributed by atoms with Crippen LogP contribution in [-0.2, 0) is 4.79 Å². The summed E-state index contributed by atoms with van der Waals surface area (Å²) in [4.78, 5) is 24.7. The summed E-state index contributed by atoms with van der Waals surface area (Å²) < 4.78 is 0. The molecule has 0 aliphatic heterocycles. The first-order chi connectivity index (χ1) is 11.5. The van der Waals surface area contributed by atoms with E-state index in [1.807, 2.05) is 19.9 Å². The van der Waals surface area contributed by atoms with Crippen molar-refractivity contribution in [2.45, 2.75) is 19.9 Å². The van der Waals surface area contributed by atoms with Crippen LogP contribution in [0.4, 0.5) is 0 Å². The Morgan fingerprint density at radius 1 is 1.00 bits per heavy atom. The fourth-order valence-electron chi connectivity index (χ4n) is 2.02. The van der Waals surface area contributed by atoms with E-state index in [1.165, 1.54) is 12.1 Å². The van der Waals surface area contributed by atoms with E-state index < -0.39 is 0 Å². The van der Waals surface area contributed by atoms with E-state index in [1.54, 1.807) is 42.5 Å². The number of benzene rings is 2. The lowest BCUT2D eigenvalue weighted by molar-refractivity contribution is -0.118. The van der Waals surface area contributed by atoms with Gasteiger partial charge in [-0.15, -0.1) is 0 Å². The molecule has 0 saturated heterocycles. The third-order valence-corrected chi connectivity index (χ3v) is 3.15. The van der Waals surface area contributed by atoms with Crippen LogP contribution in [-0.4, -0.2) is 23.0 Å². The first-order valence-corrected chi connectivity index (χ1v) is 7.63. The van der Waals surface area contributed by atoms with Gasteiger partial charge in [-0.25, -0.2) is 0 Å². The minimum atomic E-state index is -0.373. The van der Waals surface area contributed by atoms with Crippen LogP contribution >= 0.6 is 0 Å². The van der Waals surface area contributed by atoms with Crippen molar-refractivity contribution in [3.05, 3.63) is 71.4 Å². The van der Waals surface area contributed by atoms with Gasteiger partial charge in [0.1, 0.15) is 11.4 Å². The summed E-state index contributed by atoms with van der Waals surface area (Å²) in [6.45, 7) is 3.68. The molecular weight excluding hydrogens is 304 g/mol. The Balaban J connectivity index is 2.27. The molecule has 0 aliphatic carbocycles. The zero-order valence-corrected chi connectivity index (χ0v) is 13.6. The van der Waals surface area contributed by atoms with Gasteiger partial charge in [0.15, 0.2) is 0 Å². The second-order valence-electron chi connectivity index (χ2n) is 5.60. The van der Waals surface area contributed by atoms with Gasteiger partial charge in [-0.2, -0.15) is 0 Å². The number of carbonyl (C=O) groups is 2. The highest BCUT2D eigenvalue weighted by Gasteiger charge is 2.15. The molecule has 2 aromatic carbocycles. The molecule has 0 fully saturated rings. The quantitative estimate of drug-likeness (QED) is 0.740. The summed E-state index contributed by atoms with van der Waals surface area (Å²) in [5.74, 6) is -0.601.